The van der Waals surface area contributed by atoms with Gasteiger partial charge in [-0.3, -0.25) is 4.79 Å². The van der Waals surface area contributed by atoms with E-state index in [0.29, 0.717) is 0 Å². The van der Waals surface area contributed by atoms with Crippen LogP contribution in [-0.2, 0) is 25.6 Å². The molecule has 1 aromatic rings. The summed E-state index contributed by atoms with van der Waals surface area (Å²) in [6.45, 7) is 1.17. The highest BCUT2D eigenvalue weighted by Gasteiger charge is 2.44. The molecule has 0 radical (unpaired) electrons. The smallest absolute Gasteiger partial charge is 0.302 e. The van der Waals surface area contributed by atoms with Gasteiger partial charge in [0, 0.05) is 6.92 Å². The van der Waals surface area contributed by atoms with Crippen LogP contribution >= 0.6 is 0 Å². The van der Waals surface area contributed by atoms with Crippen molar-refractivity contribution in [3.8, 4) is 0 Å². The first-order valence-electron chi connectivity index (χ1n) is 6.97. The van der Waals surface area contributed by atoms with Crippen LogP contribution in [0.15, 0.2) is 30.3 Å². The zero-order chi connectivity index (χ0) is 16.1. The third kappa shape index (κ3) is 4.25. The molecule has 1 aliphatic heterocycles. The lowest BCUT2D eigenvalue weighted by molar-refractivity contribution is -0.304. The van der Waals surface area contributed by atoms with Crippen LogP contribution in [0.3, 0.4) is 0 Å². The molecule has 0 amide bonds. The van der Waals surface area contributed by atoms with Gasteiger partial charge in [-0.1, -0.05) is 30.3 Å². The molecule has 22 heavy (non-hydrogen) atoms. The fraction of sp³-hybridized carbons (Fsp3) is 0.533. The Labute approximate surface area is 128 Å². The van der Waals surface area contributed by atoms with E-state index in [0.717, 1.165) is 5.56 Å². The number of rotatable bonds is 5. The molecular formula is C15H20O7. The summed E-state index contributed by atoms with van der Waals surface area (Å²) in [6.07, 6.45) is -6.31. The lowest BCUT2D eigenvalue weighted by atomic mass is 9.99. The predicted molar refractivity (Wildman–Crippen MR) is 74.5 cm³/mol. The van der Waals surface area contributed by atoms with E-state index in [1.807, 2.05) is 30.3 Å². The van der Waals surface area contributed by atoms with E-state index in [-0.39, 0.29) is 13.2 Å². The van der Waals surface area contributed by atoms with Gasteiger partial charge in [-0.25, -0.2) is 0 Å². The Balaban J connectivity index is 1.95. The highest BCUT2D eigenvalue weighted by atomic mass is 16.7. The molecule has 0 saturated carbocycles. The first-order chi connectivity index (χ1) is 10.5. The van der Waals surface area contributed by atoms with Gasteiger partial charge in [0.05, 0.1) is 6.61 Å². The summed E-state index contributed by atoms with van der Waals surface area (Å²) in [4.78, 5) is 10.8. The Hall–Kier alpha value is -1.51. The average Bonchev–Trinajstić information content (AvgIpc) is 2.52. The van der Waals surface area contributed by atoms with E-state index >= 15 is 0 Å². The second-order valence-electron chi connectivity index (χ2n) is 5.11. The van der Waals surface area contributed by atoms with Crippen LogP contribution in [0.4, 0.5) is 0 Å². The molecule has 1 fully saturated rings. The highest BCUT2D eigenvalue weighted by molar-refractivity contribution is 5.65. The summed E-state index contributed by atoms with van der Waals surface area (Å²) in [5.74, 6) is -0.529. The Morgan fingerprint density at radius 3 is 2.45 bits per heavy atom. The molecule has 122 valence electrons. The quantitative estimate of drug-likeness (QED) is 0.634. The number of esters is 1. The summed E-state index contributed by atoms with van der Waals surface area (Å²) in [6, 6.07) is 9.25. The molecule has 0 unspecified atom stereocenters. The maximum atomic E-state index is 10.8. The number of benzene rings is 1. The summed E-state index contributed by atoms with van der Waals surface area (Å²) < 4.78 is 15.6. The van der Waals surface area contributed by atoms with Crippen molar-refractivity contribution < 1.29 is 34.3 Å². The number of carbonyl (C=O) groups excluding carboxylic acids is 1. The topological polar surface area (TPSA) is 105 Å². The highest BCUT2D eigenvalue weighted by Crippen LogP contribution is 2.23. The lowest BCUT2D eigenvalue weighted by Gasteiger charge is -2.39. The van der Waals surface area contributed by atoms with Gasteiger partial charge in [0.2, 0.25) is 0 Å². The number of ether oxygens (including phenoxy) is 3. The minimum atomic E-state index is -1.45. The molecule has 7 heteroatoms. The van der Waals surface area contributed by atoms with Crippen molar-refractivity contribution in [2.45, 2.75) is 44.2 Å². The van der Waals surface area contributed by atoms with Crippen LogP contribution in [0.25, 0.3) is 0 Å². The van der Waals surface area contributed by atoms with Crippen molar-refractivity contribution in [1.29, 1.82) is 0 Å². The van der Waals surface area contributed by atoms with E-state index in [1.165, 1.54) is 6.92 Å². The first kappa shape index (κ1) is 16.9. The van der Waals surface area contributed by atoms with Crippen LogP contribution in [0.5, 0.6) is 0 Å². The van der Waals surface area contributed by atoms with Gasteiger partial charge in [0.1, 0.15) is 31.0 Å². The third-order valence-electron chi connectivity index (χ3n) is 3.38. The van der Waals surface area contributed by atoms with Gasteiger partial charge in [-0.2, -0.15) is 0 Å². The maximum Gasteiger partial charge on any atom is 0.302 e. The van der Waals surface area contributed by atoms with Crippen molar-refractivity contribution >= 4 is 5.97 Å². The van der Waals surface area contributed by atoms with Crippen LogP contribution in [0, 0.1) is 0 Å². The van der Waals surface area contributed by atoms with Crippen molar-refractivity contribution in [2.24, 2.45) is 0 Å². The molecule has 1 saturated heterocycles. The summed E-state index contributed by atoms with van der Waals surface area (Å²) in [5.41, 5.74) is 0.871. The molecule has 0 bridgehead atoms. The number of aliphatic hydroxyl groups is 3. The Bertz CT molecular complexity index is 478. The Morgan fingerprint density at radius 2 is 1.82 bits per heavy atom. The molecule has 2 rings (SSSR count). The molecule has 3 N–H and O–H groups in total. The molecule has 0 spiro atoms. The summed E-state index contributed by atoms with van der Waals surface area (Å²) in [7, 11) is 0. The van der Waals surface area contributed by atoms with Crippen molar-refractivity contribution in [3.05, 3.63) is 35.9 Å². The van der Waals surface area contributed by atoms with Crippen LogP contribution < -0.4 is 0 Å². The summed E-state index contributed by atoms with van der Waals surface area (Å²) in [5, 5.41) is 29.6. The standard InChI is InChI=1S/C15H20O7/c1-9(16)20-8-11-12(17)13(18)14(19)15(22-11)21-7-10-5-3-2-4-6-10/h2-6,11-15,17-19H,7-8H2,1H3/t11-,12-,13+,14+,15+/m1/s1. The molecule has 1 heterocycles. The SMILES string of the molecule is CC(=O)OC[C@H]1O[C@H](OCc2ccccc2)[C@@H](O)[C@@H](O)[C@@H]1O. The van der Waals surface area contributed by atoms with Crippen molar-refractivity contribution in [2.75, 3.05) is 6.61 Å². The van der Waals surface area contributed by atoms with Gasteiger partial charge < -0.3 is 29.5 Å². The minimum absolute atomic E-state index is 0.172. The number of carbonyl (C=O) groups is 1. The molecule has 0 aliphatic carbocycles. The molecular weight excluding hydrogens is 292 g/mol. The maximum absolute atomic E-state index is 10.8. The molecule has 5 atom stereocenters. The van der Waals surface area contributed by atoms with E-state index < -0.39 is 36.7 Å². The number of hydrogen-bond acceptors (Lipinski definition) is 7. The largest absolute Gasteiger partial charge is 0.463 e. The Kier molecular flexibility index (Phi) is 5.87. The van der Waals surface area contributed by atoms with Crippen LogP contribution in [0.1, 0.15) is 12.5 Å². The molecule has 7 nitrogen and oxygen atoms in total. The second-order valence-corrected chi connectivity index (χ2v) is 5.11. The monoisotopic (exact) mass is 312 g/mol. The zero-order valence-corrected chi connectivity index (χ0v) is 12.2. The molecule has 0 aromatic heterocycles. The Morgan fingerprint density at radius 1 is 1.14 bits per heavy atom. The first-order valence-corrected chi connectivity index (χ1v) is 6.97. The van der Waals surface area contributed by atoms with Crippen molar-refractivity contribution in [3.63, 3.8) is 0 Å². The molecule has 1 aliphatic rings. The minimum Gasteiger partial charge on any atom is -0.463 e. The second kappa shape index (κ2) is 7.66. The molecule has 1 aromatic carbocycles. The van der Waals surface area contributed by atoms with Crippen LogP contribution in [0.2, 0.25) is 0 Å². The normalized spacial score (nSPS) is 31.7. The summed E-state index contributed by atoms with van der Waals surface area (Å²) >= 11 is 0. The predicted octanol–water partition coefficient (Wildman–Crippen LogP) is -0.426. The van der Waals surface area contributed by atoms with Gasteiger partial charge in [-0.15, -0.1) is 0 Å². The van der Waals surface area contributed by atoms with E-state index in [4.69, 9.17) is 14.2 Å². The van der Waals surface area contributed by atoms with Crippen LogP contribution in [-0.4, -0.2) is 58.6 Å². The fourth-order valence-electron chi connectivity index (χ4n) is 2.14. The number of hydrogen-bond donors (Lipinski definition) is 3. The van der Waals surface area contributed by atoms with Gasteiger partial charge >= 0.3 is 5.97 Å². The van der Waals surface area contributed by atoms with E-state index in [2.05, 4.69) is 0 Å². The zero-order valence-electron chi connectivity index (χ0n) is 12.2. The lowest BCUT2D eigenvalue weighted by Crippen LogP contribution is -2.59. The third-order valence-corrected chi connectivity index (χ3v) is 3.38. The average molecular weight is 312 g/mol. The van der Waals surface area contributed by atoms with E-state index in [9.17, 15) is 20.1 Å². The van der Waals surface area contributed by atoms with E-state index in [1.54, 1.807) is 0 Å². The van der Waals surface area contributed by atoms with Gasteiger partial charge in [0.25, 0.3) is 0 Å². The number of aliphatic hydroxyl groups excluding tert-OH is 3. The fourth-order valence-corrected chi connectivity index (χ4v) is 2.14. The van der Waals surface area contributed by atoms with Gasteiger partial charge in [-0.05, 0) is 5.56 Å². The van der Waals surface area contributed by atoms with Crippen molar-refractivity contribution in [1.82, 2.24) is 0 Å². The van der Waals surface area contributed by atoms with Gasteiger partial charge in [0.15, 0.2) is 6.29 Å².